The molecule has 4 nitrogen and oxygen atoms in total. The maximum Gasteiger partial charge on any atom is 0.213 e. The van der Waals surface area contributed by atoms with Crippen LogP contribution in [0.15, 0.2) is 35.2 Å². The summed E-state index contributed by atoms with van der Waals surface area (Å²) in [5, 5.41) is 3.95. The van der Waals surface area contributed by atoms with Crippen molar-refractivity contribution in [1.82, 2.24) is 10.1 Å². The van der Waals surface area contributed by atoms with Crippen LogP contribution in [0.2, 0.25) is 0 Å². The largest absolute Gasteiger partial charge is 0.343 e. The highest BCUT2D eigenvalue weighted by Crippen LogP contribution is 2.45. The molecule has 0 saturated heterocycles. The number of nitrogens with zero attached hydrogens (tertiary/aromatic N) is 2. The molecule has 1 atom stereocenters. The van der Waals surface area contributed by atoms with E-state index in [1.807, 2.05) is 6.07 Å². The van der Waals surface area contributed by atoms with Gasteiger partial charge in [0.2, 0.25) is 6.39 Å². The van der Waals surface area contributed by atoms with Gasteiger partial charge in [0.05, 0.1) is 0 Å². The van der Waals surface area contributed by atoms with Gasteiger partial charge in [-0.15, -0.1) is 0 Å². The summed E-state index contributed by atoms with van der Waals surface area (Å²) >= 11 is 0. The Bertz CT molecular complexity index is 562. The van der Waals surface area contributed by atoms with Crippen LogP contribution in [-0.4, -0.2) is 10.1 Å². The van der Waals surface area contributed by atoms with Crippen molar-refractivity contribution in [3.8, 4) is 0 Å². The van der Waals surface area contributed by atoms with E-state index in [1.165, 1.54) is 12.0 Å². The van der Waals surface area contributed by atoms with Crippen LogP contribution in [0.3, 0.4) is 0 Å². The lowest BCUT2D eigenvalue weighted by Gasteiger charge is -2.41. The third-order valence-corrected chi connectivity index (χ3v) is 4.04. The van der Waals surface area contributed by atoms with Gasteiger partial charge in [0.25, 0.3) is 0 Å². The molecule has 1 heterocycles. The van der Waals surface area contributed by atoms with Crippen molar-refractivity contribution in [2.45, 2.75) is 37.6 Å². The molecule has 94 valence electrons. The summed E-state index contributed by atoms with van der Waals surface area (Å²) < 4.78 is 4.86. The standard InChI is InChI=1S/C14H17N3O/c1-13(2)7-8-14(15,12-16-9-18-17-12)11-6-4-3-5-10(11)13/h3-6,9H,7-8,15H2,1-2H3. The van der Waals surface area contributed by atoms with E-state index in [2.05, 4.69) is 42.2 Å². The molecule has 4 heteroatoms. The van der Waals surface area contributed by atoms with Gasteiger partial charge in [-0.1, -0.05) is 43.3 Å². The molecular weight excluding hydrogens is 226 g/mol. The van der Waals surface area contributed by atoms with E-state index >= 15 is 0 Å². The second-order valence-corrected chi connectivity index (χ2v) is 5.66. The molecule has 2 N–H and O–H groups in total. The number of fused-ring (bicyclic) bond motifs is 1. The summed E-state index contributed by atoms with van der Waals surface area (Å²) in [4.78, 5) is 4.16. The van der Waals surface area contributed by atoms with Crippen LogP contribution in [0.4, 0.5) is 0 Å². The fraction of sp³-hybridized carbons (Fsp3) is 0.429. The van der Waals surface area contributed by atoms with Crippen molar-refractivity contribution in [2.24, 2.45) is 5.73 Å². The first-order valence-corrected chi connectivity index (χ1v) is 6.20. The maximum atomic E-state index is 6.57. The molecule has 3 rings (SSSR count). The molecule has 1 aliphatic carbocycles. The molecule has 0 saturated carbocycles. The minimum Gasteiger partial charge on any atom is -0.343 e. The van der Waals surface area contributed by atoms with Crippen LogP contribution in [-0.2, 0) is 11.0 Å². The molecule has 1 aliphatic rings. The molecule has 2 aromatic rings. The van der Waals surface area contributed by atoms with Crippen molar-refractivity contribution in [3.63, 3.8) is 0 Å². The Kier molecular flexibility index (Phi) is 2.32. The summed E-state index contributed by atoms with van der Waals surface area (Å²) in [5.41, 5.74) is 8.48. The third kappa shape index (κ3) is 1.49. The monoisotopic (exact) mass is 243 g/mol. The summed E-state index contributed by atoms with van der Waals surface area (Å²) in [6.45, 7) is 4.50. The van der Waals surface area contributed by atoms with Crippen molar-refractivity contribution in [2.75, 3.05) is 0 Å². The average molecular weight is 243 g/mol. The highest BCUT2D eigenvalue weighted by atomic mass is 16.5. The van der Waals surface area contributed by atoms with Gasteiger partial charge in [-0.2, -0.15) is 4.98 Å². The zero-order valence-electron chi connectivity index (χ0n) is 10.7. The number of aromatic nitrogens is 2. The molecule has 1 aromatic carbocycles. The zero-order valence-corrected chi connectivity index (χ0v) is 10.7. The topological polar surface area (TPSA) is 64.9 Å². The Morgan fingerprint density at radius 1 is 1.17 bits per heavy atom. The Hall–Kier alpha value is -1.68. The van der Waals surface area contributed by atoms with E-state index in [0.717, 1.165) is 18.4 Å². The number of hydrogen-bond donors (Lipinski definition) is 1. The molecule has 0 fully saturated rings. The van der Waals surface area contributed by atoms with Crippen molar-refractivity contribution in [1.29, 1.82) is 0 Å². The number of benzene rings is 1. The zero-order chi connectivity index (χ0) is 12.8. The van der Waals surface area contributed by atoms with Gasteiger partial charge in [-0.25, -0.2) is 0 Å². The van der Waals surface area contributed by atoms with Gasteiger partial charge in [0.1, 0.15) is 5.54 Å². The lowest BCUT2D eigenvalue weighted by Crippen LogP contribution is -2.46. The first-order chi connectivity index (χ1) is 8.54. The lowest BCUT2D eigenvalue weighted by atomic mass is 9.65. The summed E-state index contributed by atoms with van der Waals surface area (Å²) in [6.07, 6.45) is 3.18. The van der Waals surface area contributed by atoms with Gasteiger partial charge < -0.3 is 10.3 Å². The molecule has 0 aliphatic heterocycles. The predicted octanol–water partition coefficient (Wildman–Crippen LogP) is 2.34. The Balaban J connectivity index is 2.21. The maximum absolute atomic E-state index is 6.57. The van der Waals surface area contributed by atoms with Crippen LogP contribution < -0.4 is 5.73 Å². The highest BCUT2D eigenvalue weighted by molar-refractivity contribution is 5.44. The fourth-order valence-corrected chi connectivity index (χ4v) is 2.84. The minimum atomic E-state index is -0.626. The Morgan fingerprint density at radius 2 is 1.89 bits per heavy atom. The van der Waals surface area contributed by atoms with Crippen LogP contribution >= 0.6 is 0 Å². The van der Waals surface area contributed by atoms with Crippen molar-refractivity contribution >= 4 is 0 Å². The van der Waals surface area contributed by atoms with Crippen molar-refractivity contribution < 1.29 is 4.52 Å². The van der Waals surface area contributed by atoms with Gasteiger partial charge in [0.15, 0.2) is 5.82 Å². The average Bonchev–Trinajstić information content (AvgIpc) is 2.89. The summed E-state index contributed by atoms with van der Waals surface area (Å²) in [6, 6.07) is 8.30. The SMILES string of the molecule is CC1(C)CCC(N)(c2ncon2)c2ccccc21. The van der Waals surface area contributed by atoms with E-state index < -0.39 is 5.54 Å². The predicted molar refractivity (Wildman–Crippen MR) is 68.0 cm³/mol. The highest BCUT2D eigenvalue weighted by Gasteiger charge is 2.43. The summed E-state index contributed by atoms with van der Waals surface area (Å²) in [7, 11) is 0. The molecule has 0 bridgehead atoms. The lowest BCUT2D eigenvalue weighted by molar-refractivity contribution is 0.314. The van der Waals surface area contributed by atoms with Crippen LogP contribution in [0.5, 0.6) is 0 Å². The number of hydrogen-bond acceptors (Lipinski definition) is 4. The van der Waals surface area contributed by atoms with Gasteiger partial charge in [0, 0.05) is 0 Å². The molecule has 18 heavy (non-hydrogen) atoms. The number of nitrogens with two attached hydrogens (primary N) is 1. The first-order valence-electron chi connectivity index (χ1n) is 6.20. The molecular formula is C14H17N3O. The van der Waals surface area contributed by atoms with E-state index in [-0.39, 0.29) is 5.41 Å². The fourth-order valence-electron chi connectivity index (χ4n) is 2.84. The second kappa shape index (κ2) is 3.65. The van der Waals surface area contributed by atoms with Gasteiger partial charge in [-0.05, 0) is 29.4 Å². The van der Waals surface area contributed by atoms with Gasteiger partial charge in [-0.3, -0.25) is 0 Å². The van der Waals surface area contributed by atoms with Crippen LogP contribution in [0.25, 0.3) is 0 Å². The minimum absolute atomic E-state index is 0.142. The van der Waals surface area contributed by atoms with Crippen LogP contribution in [0.1, 0.15) is 43.6 Å². The van der Waals surface area contributed by atoms with Gasteiger partial charge >= 0.3 is 0 Å². The second-order valence-electron chi connectivity index (χ2n) is 5.66. The Morgan fingerprint density at radius 3 is 2.56 bits per heavy atom. The first kappa shape index (κ1) is 11.4. The molecule has 1 unspecified atom stereocenters. The molecule has 0 spiro atoms. The Labute approximate surface area is 106 Å². The smallest absolute Gasteiger partial charge is 0.213 e. The summed E-state index contributed by atoms with van der Waals surface area (Å²) in [5.74, 6) is 0.574. The van der Waals surface area contributed by atoms with E-state index in [1.54, 1.807) is 0 Å². The molecule has 0 amide bonds. The van der Waals surface area contributed by atoms with Crippen molar-refractivity contribution in [3.05, 3.63) is 47.6 Å². The third-order valence-electron chi connectivity index (χ3n) is 4.04. The molecule has 0 radical (unpaired) electrons. The number of rotatable bonds is 1. The quantitative estimate of drug-likeness (QED) is 0.835. The van der Waals surface area contributed by atoms with E-state index in [9.17, 15) is 0 Å². The van der Waals surface area contributed by atoms with Crippen LogP contribution in [0, 0.1) is 0 Å². The molecule has 1 aromatic heterocycles. The van der Waals surface area contributed by atoms with E-state index in [0.29, 0.717) is 5.82 Å². The normalized spacial score (nSPS) is 25.7. The van der Waals surface area contributed by atoms with E-state index in [4.69, 9.17) is 10.3 Å².